The second-order valence-electron chi connectivity index (χ2n) is 4.48. The summed E-state index contributed by atoms with van der Waals surface area (Å²) in [6.45, 7) is 10.1. The molecule has 5 nitrogen and oxygen atoms in total. The van der Waals surface area contributed by atoms with Crippen molar-refractivity contribution in [3.05, 3.63) is 37.0 Å². The first kappa shape index (κ1) is 18.1. The van der Waals surface area contributed by atoms with Gasteiger partial charge in [0.2, 0.25) is 6.29 Å². The fourth-order valence-corrected chi connectivity index (χ4v) is 1.57. The van der Waals surface area contributed by atoms with E-state index in [1.807, 2.05) is 0 Å². The first-order chi connectivity index (χ1) is 9.31. The Morgan fingerprint density at radius 3 is 2.25 bits per heavy atom. The summed E-state index contributed by atoms with van der Waals surface area (Å²) in [7, 11) is 3.55. The minimum Gasteiger partial charge on any atom is -0.426 e. The maximum atomic E-state index is 12.1. The molecule has 0 saturated heterocycles. The first-order valence-corrected chi connectivity index (χ1v) is 6.30. The molecule has 0 aliphatic carbocycles. The number of ether oxygens (including phenoxy) is 2. The summed E-state index contributed by atoms with van der Waals surface area (Å²) in [6, 6.07) is -0.489. The van der Waals surface area contributed by atoms with E-state index in [0.717, 1.165) is 5.57 Å². The summed E-state index contributed by atoms with van der Waals surface area (Å²) in [5.41, 5.74) is 0.871. The molecule has 0 radical (unpaired) electrons. The van der Waals surface area contributed by atoms with Gasteiger partial charge in [-0.2, -0.15) is 0 Å². The van der Waals surface area contributed by atoms with Gasteiger partial charge in [-0.05, 0) is 26.1 Å². The van der Waals surface area contributed by atoms with Crippen LogP contribution in [0.25, 0.3) is 0 Å². The van der Waals surface area contributed by atoms with Gasteiger partial charge in [-0.3, -0.25) is 14.5 Å². The van der Waals surface area contributed by atoms with Crippen LogP contribution < -0.4 is 0 Å². The van der Waals surface area contributed by atoms with E-state index >= 15 is 0 Å². The topological polar surface area (TPSA) is 55.8 Å². The van der Waals surface area contributed by atoms with Gasteiger partial charge in [-0.15, -0.1) is 0 Å². The molecule has 0 aromatic carbocycles. The van der Waals surface area contributed by atoms with Crippen molar-refractivity contribution in [2.24, 2.45) is 0 Å². The van der Waals surface area contributed by atoms with Crippen LogP contribution in [0, 0.1) is 0 Å². The van der Waals surface area contributed by atoms with E-state index in [9.17, 15) is 9.59 Å². The number of rotatable bonds is 8. The summed E-state index contributed by atoms with van der Waals surface area (Å²) in [6.07, 6.45) is 4.62. The summed E-state index contributed by atoms with van der Waals surface area (Å²) in [4.78, 5) is 24.6. The van der Waals surface area contributed by atoms with Crippen LogP contribution in [0.1, 0.15) is 20.3 Å². The molecule has 5 heteroatoms. The number of nitrogens with zero attached hydrogens (tertiary/aromatic N) is 1. The summed E-state index contributed by atoms with van der Waals surface area (Å²) in [5.74, 6) is -0.953. The number of allylic oxidation sites excluding steroid dienone is 3. The lowest BCUT2D eigenvalue weighted by Gasteiger charge is -2.24. The van der Waals surface area contributed by atoms with Crippen LogP contribution in [-0.4, -0.2) is 43.3 Å². The molecule has 112 valence electrons. The highest BCUT2D eigenvalue weighted by Gasteiger charge is 2.25. The van der Waals surface area contributed by atoms with Crippen molar-refractivity contribution in [1.29, 1.82) is 0 Å². The largest absolute Gasteiger partial charge is 0.426 e. The molecule has 0 rings (SSSR count). The maximum Gasteiger partial charge on any atom is 0.326 e. The standard InChI is InChI=1S/C15H23NO4/c1-7-9-13(8-2)10-14(16(5)6)15(18)20-12(4)19-11(3)17/h7-9,12,14H,1-2,10H2,3-6H3/b13-9+. The van der Waals surface area contributed by atoms with Gasteiger partial charge in [0, 0.05) is 13.8 Å². The lowest BCUT2D eigenvalue weighted by molar-refractivity contribution is -0.186. The normalized spacial score (nSPS) is 14.3. The molecule has 0 spiro atoms. The molecular weight excluding hydrogens is 258 g/mol. The third kappa shape index (κ3) is 6.89. The van der Waals surface area contributed by atoms with E-state index in [-0.39, 0.29) is 0 Å². The van der Waals surface area contributed by atoms with Crippen molar-refractivity contribution in [1.82, 2.24) is 4.90 Å². The maximum absolute atomic E-state index is 12.1. The van der Waals surface area contributed by atoms with Crippen LogP contribution in [0.15, 0.2) is 37.0 Å². The first-order valence-electron chi connectivity index (χ1n) is 6.30. The predicted molar refractivity (Wildman–Crippen MR) is 77.9 cm³/mol. The van der Waals surface area contributed by atoms with E-state index in [0.29, 0.717) is 6.42 Å². The van der Waals surface area contributed by atoms with E-state index in [1.54, 1.807) is 37.2 Å². The number of likely N-dealkylation sites (N-methyl/N-ethyl adjacent to an activating group) is 1. The van der Waals surface area contributed by atoms with Crippen LogP contribution in [0.5, 0.6) is 0 Å². The molecule has 2 unspecified atom stereocenters. The van der Waals surface area contributed by atoms with Crippen molar-refractivity contribution in [2.45, 2.75) is 32.6 Å². The molecule has 0 N–H and O–H groups in total. The van der Waals surface area contributed by atoms with Gasteiger partial charge in [0.15, 0.2) is 0 Å². The number of hydrogen-bond acceptors (Lipinski definition) is 5. The molecular formula is C15H23NO4. The van der Waals surface area contributed by atoms with Gasteiger partial charge >= 0.3 is 11.9 Å². The molecule has 0 aliphatic rings. The molecule has 0 fully saturated rings. The fourth-order valence-electron chi connectivity index (χ4n) is 1.57. The highest BCUT2D eigenvalue weighted by Crippen LogP contribution is 2.13. The zero-order valence-electron chi connectivity index (χ0n) is 12.6. The van der Waals surface area contributed by atoms with E-state index in [4.69, 9.17) is 9.47 Å². The third-order valence-electron chi connectivity index (χ3n) is 2.53. The van der Waals surface area contributed by atoms with Gasteiger partial charge in [0.05, 0.1) is 0 Å². The van der Waals surface area contributed by atoms with Gasteiger partial charge in [0.1, 0.15) is 6.04 Å². The summed E-state index contributed by atoms with van der Waals surface area (Å²) in [5, 5.41) is 0. The Hall–Kier alpha value is -1.88. The molecule has 0 bridgehead atoms. The van der Waals surface area contributed by atoms with Crippen molar-refractivity contribution in [2.75, 3.05) is 14.1 Å². The lowest BCUT2D eigenvalue weighted by Crippen LogP contribution is -2.39. The Morgan fingerprint density at radius 2 is 1.85 bits per heavy atom. The fraction of sp³-hybridized carbons (Fsp3) is 0.467. The quantitative estimate of drug-likeness (QED) is 0.387. The monoisotopic (exact) mass is 281 g/mol. The van der Waals surface area contributed by atoms with E-state index in [2.05, 4.69) is 13.2 Å². The van der Waals surface area contributed by atoms with Crippen LogP contribution in [0.2, 0.25) is 0 Å². The van der Waals surface area contributed by atoms with Crippen LogP contribution in [-0.2, 0) is 19.1 Å². The zero-order chi connectivity index (χ0) is 15.7. The number of esters is 2. The molecule has 0 aromatic rings. The van der Waals surface area contributed by atoms with Gasteiger partial charge in [-0.1, -0.05) is 31.4 Å². The summed E-state index contributed by atoms with van der Waals surface area (Å²) < 4.78 is 9.88. The van der Waals surface area contributed by atoms with Crippen molar-refractivity contribution >= 4 is 11.9 Å². The molecule has 0 saturated carbocycles. The van der Waals surface area contributed by atoms with Crippen molar-refractivity contribution in [3.63, 3.8) is 0 Å². The Kier molecular flexibility index (Phi) is 8.24. The van der Waals surface area contributed by atoms with Crippen LogP contribution in [0.3, 0.4) is 0 Å². The van der Waals surface area contributed by atoms with E-state index < -0.39 is 24.3 Å². The lowest BCUT2D eigenvalue weighted by atomic mass is 10.1. The SMILES string of the molecule is C=C/C=C(\C=C)CC(C(=O)OC(C)OC(C)=O)N(C)C. The number of carbonyl (C=O) groups excluding carboxylic acids is 2. The average Bonchev–Trinajstić information content (AvgIpc) is 2.32. The highest BCUT2D eigenvalue weighted by atomic mass is 16.7. The minimum absolute atomic E-state index is 0.439. The van der Waals surface area contributed by atoms with Gasteiger partial charge in [0.25, 0.3) is 0 Å². The second kappa shape index (κ2) is 9.09. The molecule has 0 amide bonds. The van der Waals surface area contributed by atoms with Crippen LogP contribution in [0.4, 0.5) is 0 Å². The smallest absolute Gasteiger partial charge is 0.326 e. The number of hydrogen-bond donors (Lipinski definition) is 0. The minimum atomic E-state index is -0.905. The number of carbonyl (C=O) groups is 2. The molecule has 2 atom stereocenters. The third-order valence-corrected chi connectivity index (χ3v) is 2.53. The predicted octanol–water partition coefficient (Wildman–Crippen LogP) is 2.06. The Bertz CT molecular complexity index is 399. The zero-order valence-corrected chi connectivity index (χ0v) is 12.6. The highest BCUT2D eigenvalue weighted by molar-refractivity contribution is 5.76. The molecule has 20 heavy (non-hydrogen) atoms. The Morgan fingerprint density at radius 1 is 1.25 bits per heavy atom. The molecule has 0 aromatic heterocycles. The molecule has 0 aliphatic heterocycles. The second-order valence-corrected chi connectivity index (χ2v) is 4.48. The summed E-state index contributed by atoms with van der Waals surface area (Å²) >= 11 is 0. The van der Waals surface area contributed by atoms with Gasteiger partial charge in [-0.25, -0.2) is 0 Å². The van der Waals surface area contributed by atoms with Crippen LogP contribution >= 0.6 is 0 Å². The Labute approximate surface area is 120 Å². The van der Waals surface area contributed by atoms with Gasteiger partial charge < -0.3 is 9.47 Å². The Balaban J connectivity index is 4.78. The van der Waals surface area contributed by atoms with Crippen molar-refractivity contribution in [3.8, 4) is 0 Å². The average molecular weight is 281 g/mol. The molecule has 0 heterocycles. The van der Waals surface area contributed by atoms with E-state index in [1.165, 1.54) is 13.8 Å². The van der Waals surface area contributed by atoms with Crippen molar-refractivity contribution < 1.29 is 19.1 Å².